The van der Waals surface area contributed by atoms with Crippen molar-refractivity contribution in [2.75, 3.05) is 30.7 Å². The number of carbonyl (C=O) groups is 1. The van der Waals surface area contributed by atoms with Gasteiger partial charge in [-0.15, -0.1) is 0 Å². The van der Waals surface area contributed by atoms with Gasteiger partial charge in [-0.1, -0.05) is 6.92 Å². The monoisotopic (exact) mass is 265 g/mol. The molecule has 1 atom stereocenters. The van der Waals surface area contributed by atoms with Crippen molar-refractivity contribution < 1.29 is 9.18 Å². The molecule has 0 saturated carbocycles. The standard InChI is InChI=1S/C14H20FN3O/c1-10-3-2-6-18(8-10)9-14(19)17-13-7-11(16)4-5-12(13)15/h4-5,7,10H,2-3,6,8-9,16H2,1H3,(H,17,19). The predicted octanol–water partition coefficient (Wildman–Crippen LogP) is 2.08. The SMILES string of the molecule is CC1CCCN(CC(=O)Nc2cc(N)ccc2F)C1. The summed E-state index contributed by atoms with van der Waals surface area (Å²) in [5, 5.41) is 2.58. The number of benzene rings is 1. The van der Waals surface area contributed by atoms with Gasteiger partial charge in [-0.2, -0.15) is 0 Å². The summed E-state index contributed by atoms with van der Waals surface area (Å²) < 4.78 is 13.5. The highest BCUT2D eigenvalue weighted by Crippen LogP contribution is 2.18. The van der Waals surface area contributed by atoms with Gasteiger partial charge in [0.15, 0.2) is 0 Å². The van der Waals surface area contributed by atoms with Crippen LogP contribution in [-0.4, -0.2) is 30.4 Å². The van der Waals surface area contributed by atoms with Gasteiger partial charge in [-0.05, 0) is 43.5 Å². The number of carbonyl (C=O) groups excluding carboxylic acids is 1. The highest BCUT2D eigenvalue weighted by Gasteiger charge is 2.19. The Balaban J connectivity index is 1.92. The third kappa shape index (κ3) is 3.92. The van der Waals surface area contributed by atoms with Gasteiger partial charge in [0.2, 0.25) is 5.91 Å². The fourth-order valence-corrected chi connectivity index (χ4v) is 2.46. The second-order valence-electron chi connectivity index (χ2n) is 5.27. The first-order valence-electron chi connectivity index (χ1n) is 6.62. The van der Waals surface area contributed by atoms with Crippen molar-refractivity contribution in [3.63, 3.8) is 0 Å². The van der Waals surface area contributed by atoms with E-state index in [-0.39, 0.29) is 11.6 Å². The Bertz CT molecular complexity index is 464. The van der Waals surface area contributed by atoms with Gasteiger partial charge < -0.3 is 11.1 Å². The van der Waals surface area contributed by atoms with E-state index in [2.05, 4.69) is 17.1 Å². The van der Waals surface area contributed by atoms with Crippen LogP contribution in [0.1, 0.15) is 19.8 Å². The van der Waals surface area contributed by atoms with Crippen molar-refractivity contribution in [1.29, 1.82) is 0 Å². The molecule has 3 N–H and O–H groups in total. The van der Waals surface area contributed by atoms with Crippen molar-refractivity contribution in [3.05, 3.63) is 24.0 Å². The van der Waals surface area contributed by atoms with Crippen LogP contribution in [0.3, 0.4) is 0 Å². The Labute approximate surface area is 112 Å². The van der Waals surface area contributed by atoms with Gasteiger partial charge >= 0.3 is 0 Å². The van der Waals surface area contributed by atoms with Crippen LogP contribution in [0.15, 0.2) is 18.2 Å². The quantitative estimate of drug-likeness (QED) is 0.823. The first-order valence-corrected chi connectivity index (χ1v) is 6.62. The number of halogens is 1. The molecule has 0 bridgehead atoms. The van der Waals surface area contributed by atoms with Crippen LogP contribution in [-0.2, 0) is 4.79 Å². The van der Waals surface area contributed by atoms with E-state index in [1.54, 1.807) is 0 Å². The maximum absolute atomic E-state index is 13.5. The second kappa shape index (κ2) is 6.02. The fourth-order valence-electron chi connectivity index (χ4n) is 2.46. The third-order valence-corrected chi connectivity index (χ3v) is 3.37. The minimum absolute atomic E-state index is 0.148. The van der Waals surface area contributed by atoms with Crippen molar-refractivity contribution >= 4 is 17.3 Å². The van der Waals surface area contributed by atoms with Crippen LogP contribution in [0.2, 0.25) is 0 Å². The number of nitrogens with two attached hydrogens (primary N) is 1. The number of likely N-dealkylation sites (tertiary alicyclic amines) is 1. The average molecular weight is 265 g/mol. The maximum atomic E-state index is 13.5. The molecule has 0 aliphatic carbocycles. The summed E-state index contributed by atoms with van der Waals surface area (Å²) in [7, 11) is 0. The predicted molar refractivity (Wildman–Crippen MR) is 74.3 cm³/mol. The summed E-state index contributed by atoms with van der Waals surface area (Å²) >= 11 is 0. The van der Waals surface area contributed by atoms with E-state index in [9.17, 15) is 9.18 Å². The van der Waals surface area contributed by atoms with E-state index in [0.717, 1.165) is 19.5 Å². The number of nitrogen functional groups attached to an aromatic ring is 1. The molecule has 19 heavy (non-hydrogen) atoms. The van der Waals surface area contributed by atoms with Gasteiger partial charge in [0.25, 0.3) is 0 Å². The first-order chi connectivity index (χ1) is 9.04. The molecule has 1 heterocycles. The molecule has 1 unspecified atom stereocenters. The molecule has 1 fully saturated rings. The normalized spacial score (nSPS) is 20.2. The van der Waals surface area contributed by atoms with Crippen molar-refractivity contribution in [1.82, 2.24) is 4.90 Å². The molecule has 1 aromatic carbocycles. The van der Waals surface area contributed by atoms with Gasteiger partial charge in [-0.25, -0.2) is 4.39 Å². The lowest BCUT2D eigenvalue weighted by Crippen LogP contribution is -2.39. The Morgan fingerprint density at radius 1 is 1.58 bits per heavy atom. The maximum Gasteiger partial charge on any atom is 0.238 e. The topological polar surface area (TPSA) is 58.4 Å². The molecule has 0 radical (unpaired) electrons. The molecule has 1 aliphatic rings. The molecule has 1 aliphatic heterocycles. The van der Waals surface area contributed by atoms with E-state index in [1.165, 1.54) is 24.6 Å². The molecule has 4 nitrogen and oxygen atoms in total. The van der Waals surface area contributed by atoms with E-state index >= 15 is 0 Å². The highest BCUT2D eigenvalue weighted by atomic mass is 19.1. The van der Waals surface area contributed by atoms with E-state index in [1.807, 2.05) is 0 Å². The van der Waals surface area contributed by atoms with Crippen molar-refractivity contribution in [2.24, 2.45) is 5.92 Å². The number of nitrogens with zero attached hydrogens (tertiary/aromatic N) is 1. The number of piperidine rings is 1. The van der Waals surface area contributed by atoms with Crippen LogP contribution < -0.4 is 11.1 Å². The lowest BCUT2D eigenvalue weighted by atomic mass is 10.0. The van der Waals surface area contributed by atoms with Gasteiger partial charge in [0, 0.05) is 12.2 Å². The zero-order valence-corrected chi connectivity index (χ0v) is 11.2. The molecule has 2 rings (SSSR count). The average Bonchev–Trinajstić information content (AvgIpc) is 2.34. The van der Waals surface area contributed by atoms with Crippen LogP contribution in [0.25, 0.3) is 0 Å². The lowest BCUT2D eigenvalue weighted by Gasteiger charge is -2.30. The van der Waals surface area contributed by atoms with Crippen LogP contribution in [0.5, 0.6) is 0 Å². The Morgan fingerprint density at radius 3 is 3.11 bits per heavy atom. The molecule has 0 aromatic heterocycles. The molecule has 5 heteroatoms. The molecule has 0 spiro atoms. The molecule has 1 amide bonds. The van der Waals surface area contributed by atoms with Crippen molar-refractivity contribution in [2.45, 2.75) is 19.8 Å². The molecule has 1 aromatic rings. The highest BCUT2D eigenvalue weighted by molar-refractivity contribution is 5.92. The fraction of sp³-hybridized carbons (Fsp3) is 0.500. The molecular formula is C14H20FN3O. The van der Waals surface area contributed by atoms with Crippen LogP contribution in [0.4, 0.5) is 15.8 Å². The summed E-state index contributed by atoms with van der Waals surface area (Å²) in [6, 6.07) is 4.16. The molecule has 104 valence electrons. The van der Waals surface area contributed by atoms with Crippen molar-refractivity contribution in [3.8, 4) is 0 Å². The summed E-state index contributed by atoms with van der Waals surface area (Å²) in [6.45, 7) is 4.34. The number of anilines is 2. The zero-order valence-electron chi connectivity index (χ0n) is 11.2. The second-order valence-corrected chi connectivity index (χ2v) is 5.27. The smallest absolute Gasteiger partial charge is 0.238 e. The number of hydrogen-bond donors (Lipinski definition) is 2. The van der Waals surface area contributed by atoms with Crippen LogP contribution in [0, 0.1) is 11.7 Å². The number of amides is 1. The molecular weight excluding hydrogens is 245 g/mol. The summed E-state index contributed by atoms with van der Waals surface area (Å²) in [5.41, 5.74) is 6.16. The Morgan fingerprint density at radius 2 is 2.37 bits per heavy atom. The number of rotatable bonds is 3. The summed E-state index contributed by atoms with van der Waals surface area (Å²) in [4.78, 5) is 14.0. The minimum atomic E-state index is -0.463. The minimum Gasteiger partial charge on any atom is -0.399 e. The third-order valence-electron chi connectivity index (χ3n) is 3.37. The number of hydrogen-bond acceptors (Lipinski definition) is 3. The van der Waals surface area contributed by atoms with Gasteiger partial charge in [0.05, 0.1) is 12.2 Å². The van der Waals surface area contributed by atoms with E-state index in [0.29, 0.717) is 18.2 Å². The first kappa shape index (κ1) is 13.8. The summed E-state index contributed by atoms with van der Waals surface area (Å²) in [6.07, 6.45) is 2.32. The molecule has 1 saturated heterocycles. The van der Waals surface area contributed by atoms with Gasteiger partial charge in [0.1, 0.15) is 5.82 Å². The number of nitrogens with one attached hydrogen (secondary N) is 1. The van der Waals surface area contributed by atoms with Crippen LogP contribution >= 0.6 is 0 Å². The largest absolute Gasteiger partial charge is 0.399 e. The summed E-state index contributed by atoms with van der Waals surface area (Å²) in [5.74, 6) is -0.0428. The van der Waals surface area contributed by atoms with E-state index in [4.69, 9.17) is 5.73 Å². The van der Waals surface area contributed by atoms with Gasteiger partial charge in [-0.3, -0.25) is 9.69 Å². The zero-order chi connectivity index (χ0) is 13.8. The lowest BCUT2D eigenvalue weighted by molar-refractivity contribution is -0.117. The van der Waals surface area contributed by atoms with E-state index < -0.39 is 5.82 Å². The Hall–Kier alpha value is -1.62. The Kier molecular flexibility index (Phi) is 4.37.